The van der Waals surface area contributed by atoms with Crippen LogP contribution in [-0.4, -0.2) is 31.6 Å². The second-order valence-electron chi connectivity index (χ2n) is 5.28. The van der Waals surface area contributed by atoms with Gasteiger partial charge in [-0.15, -0.1) is 11.3 Å². The zero-order valence-electron chi connectivity index (χ0n) is 13.3. The van der Waals surface area contributed by atoms with Gasteiger partial charge in [0.2, 0.25) is 5.91 Å². The topological polar surface area (TPSA) is 67.4 Å². The number of ether oxygens (including phenoxy) is 1. The van der Waals surface area contributed by atoms with Crippen molar-refractivity contribution in [2.45, 2.75) is 34.6 Å². The normalized spacial score (nSPS) is 10.8. The summed E-state index contributed by atoms with van der Waals surface area (Å²) >= 11 is 1.40. The molecule has 1 aromatic heterocycles. The van der Waals surface area contributed by atoms with Gasteiger partial charge in [-0.2, -0.15) is 0 Å². The van der Waals surface area contributed by atoms with Crippen LogP contribution < -0.4 is 10.6 Å². The van der Waals surface area contributed by atoms with Crippen LogP contribution in [0.2, 0.25) is 0 Å². The highest BCUT2D eigenvalue weighted by molar-refractivity contribution is 7.16. The Hall–Kier alpha value is -1.40. The molecule has 0 spiro atoms. The lowest BCUT2D eigenvalue weighted by atomic mass is 10.1. The van der Waals surface area contributed by atoms with E-state index >= 15 is 0 Å². The second-order valence-corrected chi connectivity index (χ2v) is 6.51. The average Bonchev–Trinajstić information content (AvgIpc) is 2.64. The Labute approximate surface area is 130 Å². The number of rotatable bonds is 7. The van der Waals surface area contributed by atoms with Crippen LogP contribution in [0.15, 0.2) is 0 Å². The molecule has 0 unspecified atom stereocenters. The lowest BCUT2D eigenvalue weighted by molar-refractivity contribution is -0.115. The van der Waals surface area contributed by atoms with Crippen LogP contribution in [0.25, 0.3) is 0 Å². The van der Waals surface area contributed by atoms with E-state index in [0.29, 0.717) is 23.1 Å². The Kier molecular flexibility index (Phi) is 6.84. The van der Waals surface area contributed by atoms with E-state index in [1.165, 1.54) is 11.3 Å². The fourth-order valence-corrected chi connectivity index (χ4v) is 2.87. The Morgan fingerprint density at radius 3 is 2.52 bits per heavy atom. The number of thiophene rings is 1. The van der Waals surface area contributed by atoms with Gasteiger partial charge in [0.15, 0.2) is 0 Å². The smallest absolute Gasteiger partial charge is 0.341 e. The number of carbonyl (C=O) groups excluding carboxylic acids is 2. The van der Waals surface area contributed by atoms with Crippen LogP contribution in [0.4, 0.5) is 5.00 Å². The van der Waals surface area contributed by atoms with Gasteiger partial charge in [0.1, 0.15) is 5.00 Å². The number of esters is 1. The summed E-state index contributed by atoms with van der Waals surface area (Å²) in [5.41, 5.74) is 1.33. The van der Waals surface area contributed by atoms with Crippen molar-refractivity contribution in [1.82, 2.24) is 5.32 Å². The summed E-state index contributed by atoms with van der Waals surface area (Å²) in [6.45, 7) is 11.0. The van der Waals surface area contributed by atoms with Crippen molar-refractivity contribution in [3.05, 3.63) is 16.0 Å². The third-order valence-electron chi connectivity index (χ3n) is 2.96. The molecule has 1 aromatic rings. The molecule has 118 valence electrons. The lowest BCUT2D eigenvalue weighted by Gasteiger charge is -2.09. The quantitative estimate of drug-likeness (QED) is 0.760. The van der Waals surface area contributed by atoms with Gasteiger partial charge in [0.05, 0.1) is 18.7 Å². The third kappa shape index (κ3) is 5.13. The van der Waals surface area contributed by atoms with Gasteiger partial charge in [-0.3, -0.25) is 4.79 Å². The van der Waals surface area contributed by atoms with Crippen LogP contribution in [0, 0.1) is 19.8 Å². The Morgan fingerprint density at radius 2 is 1.95 bits per heavy atom. The highest BCUT2D eigenvalue weighted by atomic mass is 32.1. The molecule has 0 radical (unpaired) electrons. The van der Waals surface area contributed by atoms with E-state index in [1.54, 1.807) is 6.92 Å². The molecule has 0 atom stereocenters. The number of carbonyl (C=O) groups is 2. The SMILES string of the molecule is CCOC(=O)c1c(NC(=O)CNCC(C)C)sc(C)c1C. The Bertz CT molecular complexity index is 509. The van der Waals surface area contributed by atoms with E-state index in [9.17, 15) is 9.59 Å². The van der Waals surface area contributed by atoms with Crippen molar-refractivity contribution in [2.24, 2.45) is 5.92 Å². The molecule has 21 heavy (non-hydrogen) atoms. The number of hydrogen-bond donors (Lipinski definition) is 2. The molecule has 1 rings (SSSR count). The third-order valence-corrected chi connectivity index (χ3v) is 4.08. The first kappa shape index (κ1) is 17.7. The summed E-state index contributed by atoms with van der Waals surface area (Å²) in [5, 5.41) is 6.45. The summed E-state index contributed by atoms with van der Waals surface area (Å²) in [6, 6.07) is 0. The monoisotopic (exact) mass is 312 g/mol. The van der Waals surface area contributed by atoms with Crippen molar-refractivity contribution >= 4 is 28.2 Å². The summed E-state index contributed by atoms with van der Waals surface area (Å²) < 4.78 is 5.06. The first-order chi connectivity index (χ1) is 9.86. The minimum absolute atomic E-state index is 0.151. The van der Waals surface area contributed by atoms with E-state index in [-0.39, 0.29) is 18.4 Å². The van der Waals surface area contributed by atoms with Crippen LogP contribution in [0.1, 0.15) is 41.6 Å². The van der Waals surface area contributed by atoms with E-state index in [1.807, 2.05) is 13.8 Å². The molecule has 6 heteroatoms. The highest BCUT2D eigenvalue weighted by Crippen LogP contribution is 2.32. The molecule has 5 nitrogen and oxygen atoms in total. The molecule has 0 fully saturated rings. The Balaban J connectivity index is 2.76. The molecule has 0 aliphatic heterocycles. The summed E-state index contributed by atoms with van der Waals surface area (Å²) in [6.07, 6.45) is 0. The maximum Gasteiger partial charge on any atom is 0.341 e. The van der Waals surface area contributed by atoms with Gasteiger partial charge in [-0.05, 0) is 38.8 Å². The zero-order chi connectivity index (χ0) is 16.0. The van der Waals surface area contributed by atoms with Gasteiger partial charge >= 0.3 is 5.97 Å². The first-order valence-electron chi connectivity index (χ1n) is 7.14. The van der Waals surface area contributed by atoms with Crippen LogP contribution in [0.5, 0.6) is 0 Å². The van der Waals surface area contributed by atoms with Crippen molar-refractivity contribution in [2.75, 3.05) is 25.0 Å². The van der Waals surface area contributed by atoms with Crippen LogP contribution in [-0.2, 0) is 9.53 Å². The average molecular weight is 312 g/mol. The van der Waals surface area contributed by atoms with Crippen molar-refractivity contribution in [1.29, 1.82) is 0 Å². The van der Waals surface area contributed by atoms with Crippen LogP contribution >= 0.6 is 11.3 Å². The molecular weight excluding hydrogens is 288 g/mol. The first-order valence-corrected chi connectivity index (χ1v) is 7.96. The minimum atomic E-state index is -0.384. The molecule has 0 bridgehead atoms. The lowest BCUT2D eigenvalue weighted by Crippen LogP contribution is -2.30. The maximum absolute atomic E-state index is 12.0. The fourth-order valence-electron chi connectivity index (χ4n) is 1.81. The predicted molar refractivity (Wildman–Crippen MR) is 86.1 cm³/mol. The molecule has 0 aliphatic rings. The number of amides is 1. The van der Waals surface area contributed by atoms with E-state index in [2.05, 4.69) is 24.5 Å². The number of hydrogen-bond acceptors (Lipinski definition) is 5. The molecular formula is C15H24N2O3S. The van der Waals surface area contributed by atoms with Crippen molar-refractivity contribution in [3.8, 4) is 0 Å². The molecule has 0 aromatic carbocycles. The summed E-state index contributed by atoms with van der Waals surface area (Å²) in [5.74, 6) is -0.0497. The fraction of sp³-hybridized carbons (Fsp3) is 0.600. The Morgan fingerprint density at radius 1 is 1.29 bits per heavy atom. The maximum atomic E-state index is 12.0. The molecule has 1 heterocycles. The van der Waals surface area contributed by atoms with Crippen molar-refractivity contribution < 1.29 is 14.3 Å². The number of aryl methyl sites for hydroxylation is 1. The van der Waals surface area contributed by atoms with Gasteiger partial charge in [0, 0.05) is 4.88 Å². The van der Waals surface area contributed by atoms with Gasteiger partial charge in [-0.1, -0.05) is 13.8 Å². The summed E-state index contributed by atoms with van der Waals surface area (Å²) in [7, 11) is 0. The molecule has 0 saturated carbocycles. The molecule has 2 N–H and O–H groups in total. The predicted octanol–water partition coefficient (Wildman–Crippen LogP) is 2.73. The zero-order valence-corrected chi connectivity index (χ0v) is 14.1. The minimum Gasteiger partial charge on any atom is -0.462 e. The molecule has 1 amide bonds. The van der Waals surface area contributed by atoms with Crippen LogP contribution in [0.3, 0.4) is 0 Å². The number of anilines is 1. The highest BCUT2D eigenvalue weighted by Gasteiger charge is 2.21. The van der Waals surface area contributed by atoms with E-state index in [4.69, 9.17) is 4.74 Å². The van der Waals surface area contributed by atoms with Crippen molar-refractivity contribution in [3.63, 3.8) is 0 Å². The largest absolute Gasteiger partial charge is 0.462 e. The van der Waals surface area contributed by atoms with Gasteiger partial charge in [-0.25, -0.2) is 4.79 Å². The summed E-state index contributed by atoms with van der Waals surface area (Å²) in [4.78, 5) is 24.9. The van der Waals surface area contributed by atoms with E-state index in [0.717, 1.165) is 17.0 Å². The standard InChI is InChI=1S/C15H24N2O3S/c1-6-20-15(19)13-10(4)11(5)21-14(13)17-12(18)8-16-7-9(2)3/h9,16H,6-8H2,1-5H3,(H,17,18). The van der Waals surface area contributed by atoms with Gasteiger partial charge < -0.3 is 15.4 Å². The molecule has 0 saturated heterocycles. The van der Waals surface area contributed by atoms with Gasteiger partial charge in [0.25, 0.3) is 0 Å². The van der Waals surface area contributed by atoms with E-state index < -0.39 is 0 Å². The second kappa shape index (κ2) is 8.14. The molecule has 0 aliphatic carbocycles. The number of nitrogens with one attached hydrogen (secondary N) is 2.